The predicted octanol–water partition coefficient (Wildman–Crippen LogP) is 14.0. The van der Waals surface area contributed by atoms with E-state index in [4.69, 9.17) is 9.97 Å². The Labute approximate surface area is 324 Å². The number of hydrogen-bond donors (Lipinski definition) is 0. The van der Waals surface area contributed by atoms with Crippen LogP contribution in [0.3, 0.4) is 0 Å². The highest BCUT2D eigenvalue weighted by atomic mass is 14.9. The molecule has 0 amide bonds. The van der Waals surface area contributed by atoms with E-state index in [0.29, 0.717) is 5.82 Å². The number of pyridine rings is 1. The minimum absolute atomic E-state index is 0.697. The van der Waals surface area contributed by atoms with Crippen LogP contribution in [0.1, 0.15) is 0 Å². The molecule has 0 atom stereocenters. The maximum atomic E-state index is 5.20. The van der Waals surface area contributed by atoms with Gasteiger partial charge in [-0.15, -0.1) is 0 Å². The van der Waals surface area contributed by atoms with E-state index >= 15 is 0 Å². The Morgan fingerprint density at radius 2 is 0.804 bits per heavy atom. The fourth-order valence-corrected chi connectivity index (χ4v) is 8.58. The SMILES string of the molecule is c1ccc(-c2nc(-c3ccc(-c4cc5c6ccccc6c6ccccc6c5c5ccccc45)cc3)cc(-c3cccc4c(-c5cccnc5)cccc34)n2)cc1. The third-order valence-electron chi connectivity index (χ3n) is 11.2. The minimum Gasteiger partial charge on any atom is -0.264 e. The van der Waals surface area contributed by atoms with Crippen LogP contribution in [0.5, 0.6) is 0 Å². The summed E-state index contributed by atoms with van der Waals surface area (Å²) in [5, 5.41) is 12.5. The monoisotopic (exact) mass is 711 g/mol. The minimum atomic E-state index is 0.697. The summed E-state index contributed by atoms with van der Waals surface area (Å²) in [5.41, 5.74) is 9.45. The summed E-state index contributed by atoms with van der Waals surface area (Å²) in [6.07, 6.45) is 3.74. The lowest BCUT2D eigenvalue weighted by Crippen LogP contribution is -1.96. The van der Waals surface area contributed by atoms with Gasteiger partial charge in [-0.1, -0.05) is 170 Å². The van der Waals surface area contributed by atoms with Crippen LogP contribution in [0.15, 0.2) is 200 Å². The third-order valence-corrected chi connectivity index (χ3v) is 11.2. The fourth-order valence-electron chi connectivity index (χ4n) is 8.58. The van der Waals surface area contributed by atoms with Crippen molar-refractivity contribution in [1.82, 2.24) is 15.0 Å². The molecule has 9 aromatic carbocycles. The smallest absolute Gasteiger partial charge is 0.160 e. The maximum Gasteiger partial charge on any atom is 0.160 e. The first-order chi connectivity index (χ1) is 27.8. The van der Waals surface area contributed by atoms with Crippen molar-refractivity contribution < 1.29 is 0 Å². The Morgan fingerprint density at radius 3 is 1.52 bits per heavy atom. The average molecular weight is 712 g/mol. The molecule has 0 saturated carbocycles. The molecule has 56 heavy (non-hydrogen) atoms. The van der Waals surface area contributed by atoms with E-state index in [-0.39, 0.29) is 0 Å². The second kappa shape index (κ2) is 13.1. The van der Waals surface area contributed by atoms with E-state index in [0.717, 1.165) is 50.0 Å². The van der Waals surface area contributed by atoms with Crippen molar-refractivity contribution in [2.24, 2.45) is 0 Å². The molecule has 0 N–H and O–H groups in total. The highest BCUT2D eigenvalue weighted by Gasteiger charge is 2.17. The van der Waals surface area contributed by atoms with Crippen LogP contribution in [0, 0.1) is 0 Å². The first-order valence-corrected chi connectivity index (χ1v) is 19.0. The molecule has 3 nitrogen and oxygen atoms in total. The van der Waals surface area contributed by atoms with Gasteiger partial charge in [0.1, 0.15) is 0 Å². The molecule has 260 valence electrons. The number of fused-ring (bicyclic) bond motifs is 9. The van der Waals surface area contributed by atoms with E-state index in [1.54, 1.807) is 0 Å². The van der Waals surface area contributed by atoms with E-state index in [9.17, 15) is 0 Å². The molecule has 0 aliphatic carbocycles. The van der Waals surface area contributed by atoms with Crippen LogP contribution in [-0.4, -0.2) is 15.0 Å². The zero-order chi connectivity index (χ0) is 37.0. The first-order valence-electron chi connectivity index (χ1n) is 19.0. The van der Waals surface area contributed by atoms with Gasteiger partial charge in [0.25, 0.3) is 0 Å². The number of benzene rings is 9. The van der Waals surface area contributed by atoms with Crippen LogP contribution in [0.2, 0.25) is 0 Å². The molecule has 0 bridgehead atoms. The van der Waals surface area contributed by atoms with Crippen LogP contribution in [0.25, 0.3) is 110 Å². The molecule has 11 aromatic rings. The molecule has 0 unspecified atom stereocenters. The van der Waals surface area contributed by atoms with Crippen molar-refractivity contribution >= 4 is 53.9 Å². The van der Waals surface area contributed by atoms with Gasteiger partial charge >= 0.3 is 0 Å². The molecule has 11 rings (SSSR count). The maximum absolute atomic E-state index is 5.20. The van der Waals surface area contributed by atoms with Gasteiger partial charge in [0.05, 0.1) is 11.4 Å². The Kier molecular flexibility index (Phi) is 7.49. The van der Waals surface area contributed by atoms with Crippen molar-refractivity contribution in [3.8, 4) is 56.2 Å². The quantitative estimate of drug-likeness (QED) is 0.167. The zero-order valence-corrected chi connectivity index (χ0v) is 30.4. The molecule has 0 saturated heterocycles. The van der Waals surface area contributed by atoms with Crippen molar-refractivity contribution in [1.29, 1.82) is 0 Å². The summed E-state index contributed by atoms with van der Waals surface area (Å²) in [5.74, 6) is 0.697. The van der Waals surface area contributed by atoms with Crippen molar-refractivity contribution in [3.63, 3.8) is 0 Å². The summed E-state index contributed by atoms with van der Waals surface area (Å²) < 4.78 is 0. The Hall–Kier alpha value is -7.49. The molecule has 0 aliphatic heterocycles. The van der Waals surface area contributed by atoms with Gasteiger partial charge in [0, 0.05) is 34.6 Å². The van der Waals surface area contributed by atoms with Gasteiger partial charge in [0.15, 0.2) is 5.82 Å². The third kappa shape index (κ3) is 5.25. The second-order valence-electron chi connectivity index (χ2n) is 14.3. The largest absolute Gasteiger partial charge is 0.264 e. The van der Waals surface area contributed by atoms with Gasteiger partial charge in [-0.05, 0) is 88.8 Å². The van der Waals surface area contributed by atoms with Crippen molar-refractivity contribution in [3.05, 3.63) is 200 Å². The second-order valence-corrected chi connectivity index (χ2v) is 14.3. The van der Waals surface area contributed by atoms with Crippen LogP contribution >= 0.6 is 0 Å². The van der Waals surface area contributed by atoms with Crippen molar-refractivity contribution in [2.45, 2.75) is 0 Å². The van der Waals surface area contributed by atoms with Gasteiger partial charge < -0.3 is 0 Å². The van der Waals surface area contributed by atoms with Gasteiger partial charge in [0.2, 0.25) is 0 Å². The lowest BCUT2D eigenvalue weighted by Gasteiger charge is -2.16. The molecule has 3 heteroatoms. The summed E-state index contributed by atoms with van der Waals surface area (Å²) >= 11 is 0. The average Bonchev–Trinajstić information content (AvgIpc) is 3.28. The molecule has 2 heterocycles. The number of hydrogen-bond acceptors (Lipinski definition) is 3. The van der Waals surface area contributed by atoms with Crippen LogP contribution in [0.4, 0.5) is 0 Å². The lowest BCUT2D eigenvalue weighted by atomic mass is 9.87. The predicted molar refractivity (Wildman–Crippen MR) is 235 cm³/mol. The zero-order valence-electron chi connectivity index (χ0n) is 30.4. The molecule has 0 spiro atoms. The fraction of sp³-hybridized carbons (Fsp3) is 0. The molecule has 0 fully saturated rings. The van der Waals surface area contributed by atoms with Crippen molar-refractivity contribution in [2.75, 3.05) is 0 Å². The number of aromatic nitrogens is 3. The van der Waals surface area contributed by atoms with Gasteiger partial charge in [-0.3, -0.25) is 4.98 Å². The molecule has 0 radical (unpaired) electrons. The van der Waals surface area contributed by atoms with Gasteiger partial charge in [-0.2, -0.15) is 0 Å². The highest BCUT2D eigenvalue weighted by molar-refractivity contribution is 6.33. The molecule has 2 aromatic heterocycles. The molecule has 0 aliphatic rings. The summed E-state index contributed by atoms with van der Waals surface area (Å²) in [7, 11) is 0. The first kappa shape index (κ1) is 32.0. The highest BCUT2D eigenvalue weighted by Crippen LogP contribution is 2.43. The Morgan fingerprint density at radius 1 is 0.286 bits per heavy atom. The molecular weight excluding hydrogens is 679 g/mol. The normalized spacial score (nSPS) is 11.6. The topological polar surface area (TPSA) is 38.7 Å². The molecular formula is C53H33N3. The van der Waals surface area contributed by atoms with Crippen LogP contribution in [-0.2, 0) is 0 Å². The van der Waals surface area contributed by atoms with E-state index in [1.165, 1.54) is 54.2 Å². The number of nitrogens with zero attached hydrogens (tertiary/aromatic N) is 3. The summed E-state index contributed by atoms with van der Waals surface area (Å²) in [6, 6.07) is 67.2. The van der Waals surface area contributed by atoms with Crippen LogP contribution < -0.4 is 0 Å². The van der Waals surface area contributed by atoms with E-state index in [1.807, 2.05) is 36.7 Å². The van der Waals surface area contributed by atoms with E-state index < -0.39 is 0 Å². The summed E-state index contributed by atoms with van der Waals surface area (Å²) in [4.78, 5) is 14.8. The lowest BCUT2D eigenvalue weighted by molar-refractivity contribution is 1.18. The van der Waals surface area contributed by atoms with Gasteiger partial charge in [-0.25, -0.2) is 9.97 Å². The Bertz CT molecular complexity index is 3280. The standard InChI is InChI=1S/C53H33N3/c1-2-13-36(14-3-1)53-55-50(32-51(56-53)45-25-11-23-39-38(22-10-24-41(39)45)37-15-12-30-54-33-37)35-28-26-34(27-29-35)48-31-49-43-18-5-4-16-40(43)42-17-6-8-20-46(42)52(49)47-21-9-7-19-44(47)48/h1-33H. The Balaban J connectivity index is 1.08. The summed E-state index contributed by atoms with van der Waals surface area (Å²) in [6.45, 7) is 0. The van der Waals surface area contributed by atoms with E-state index in [2.05, 4.69) is 169 Å². The number of rotatable bonds is 5.